The summed E-state index contributed by atoms with van der Waals surface area (Å²) in [6.07, 6.45) is 0. The van der Waals surface area contributed by atoms with Crippen molar-refractivity contribution in [3.63, 3.8) is 0 Å². The molecule has 5 heteroatoms. The van der Waals surface area contributed by atoms with Gasteiger partial charge in [0.05, 0.1) is 11.1 Å². The highest BCUT2D eigenvalue weighted by Gasteiger charge is 2.12. The van der Waals surface area contributed by atoms with Gasteiger partial charge >= 0.3 is 0 Å². The first-order chi connectivity index (χ1) is 13.3. The maximum absolute atomic E-state index is 6.03. The van der Waals surface area contributed by atoms with Gasteiger partial charge in [-0.1, -0.05) is 48.5 Å². The van der Waals surface area contributed by atoms with E-state index in [0.717, 1.165) is 32.8 Å². The molecule has 140 valence electrons. The van der Waals surface area contributed by atoms with Crippen molar-refractivity contribution in [1.82, 2.24) is 5.43 Å². The van der Waals surface area contributed by atoms with Crippen LogP contribution in [0, 0.1) is 0 Å². The van der Waals surface area contributed by atoms with Crippen LogP contribution in [-0.4, -0.2) is 6.61 Å². The van der Waals surface area contributed by atoms with E-state index >= 15 is 0 Å². The van der Waals surface area contributed by atoms with Crippen LogP contribution >= 0.6 is 15.9 Å². The van der Waals surface area contributed by atoms with E-state index in [1.165, 1.54) is 0 Å². The molecule has 0 aliphatic heterocycles. The zero-order valence-electron chi connectivity index (χ0n) is 15.2. The second kappa shape index (κ2) is 10.00. The molecule has 0 atom stereocenters. The summed E-state index contributed by atoms with van der Waals surface area (Å²) in [5.41, 5.74) is 9.63. The maximum Gasteiger partial charge on any atom is 0.175 e. The molecule has 0 fully saturated rings. The third kappa shape index (κ3) is 5.74. The van der Waals surface area contributed by atoms with Crippen LogP contribution in [0.3, 0.4) is 0 Å². The molecule has 0 aromatic heterocycles. The van der Waals surface area contributed by atoms with Gasteiger partial charge in [-0.3, -0.25) is 0 Å². The molecule has 0 bridgehead atoms. The van der Waals surface area contributed by atoms with Crippen molar-refractivity contribution in [2.45, 2.75) is 20.1 Å². The minimum atomic E-state index is 0.493. The lowest BCUT2D eigenvalue weighted by Gasteiger charge is -2.16. The summed E-state index contributed by atoms with van der Waals surface area (Å²) in [5.74, 6) is 1.46. The standard InChI is InChI=1S/C22H23BrN2O2/c1-2-26-21-14-18(15-24-25-19-11-7-4-8-12-19)13-20(23)22(21)27-16-17-9-5-3-6-10-17/h3-14,24-25H,2,15-16H2,1H3. The van der Waals surface area contributed by atoms with Crippen molar-refractivity contribution in [2.24, 2.45) is 0 Å². The molecule has 27 heavy (non-hydrogen) atoms. The van der Waals surface area contributed by atoms with Crippen molar-refractivity contribution >= 4 is 21.6 Å². The highest BCUT2D eigenvalue weighted by atomic mass is 79.9. The van der Waals surface area contributed by atoms with E-state index in [1.54, 1.807) is 0 Å². The van der Waals surface area contributed by atoms with Crippen LogP contribution in [0.2, 0.25) is 0 Å². The molecule has 0 saturated carbocycles. The van der Waals surface area contributed by atoms with Gasteiger partial charge in [-0.25, -0.2) is 5.43 Å². The van der Waals surface area contributed by atoms with Crippen LogP contribution < -0.4 is 20.3 Å². The van der Waals surface area contributed by atoms with Gasteiger partial charge in [-0.05, 0) is 58.2 Å². The summed E-state index contributed by atoms with van der Waals surface area (Å²) in [7, 11) is 0. The fraction of sp³-hybridized carbons (Fsp3) is 0.182. The lowest BCUT2D eigenvalue weighted by molar-refractivity contribution is 0.267. The fourth-order valence-corrected chi connectivity index (χ4v) is 3.23. The van der Waals surface area contributed by atoms with Gasteiger partial charge in [-0.2, -0.15) is 0 Å². The van der Waals surface area contributed by atoms with Crippen molar-refractivity contribution in [2.75, 3.05) is 12.0 Å². The number of benzene rings is 3. The topological polar surface area (TPSA) is 42.5 Å². The van der Waals surface area contributed by atoms with Gasteiger partial charge in [-0.15, -0.1) is 0 Å². The Bertz CT molecular complexity index is 842. The predicted octanol–water partition coefficient (Wildman–Crippen LogP) is 5.54. The minimum Gasteiger partial charge on any atom is -0.490 e. The lowest BCUT2D eigenvalue weighted by atomic mass is 10.2. The van der Waals surface area contributed by atoms with Crippen LogP contribution in [0.4, 0.5) is 5.69 Å². The Morgan fingerprint density at radius 3 is 2.26 bits per heavy atom. The zero-order valence-corrected chi connectivity index (χ0v) is 16.8. The normalized spacial score (nSPS) is 10.4. The van der Waals surface area contributed by atoms with Crippen molar-refractivity contribution in [3.05, 3.63) is 88.4 Å². The Balaban J connectivity index is 1.67. The van der Waals surface area contributed by atoms with Crippen LogP contribution in [0.1, 0.15) is 18.1 Å². The number of rotatable bonds is 9. The van der Waals surface area contributed by atoms with Gasteiger partial charge < -0.3 is 14.9 Å². The smallest absolute Gasteiger partial charge is 0.175 e. The summed E-state index contributed by atoms with van der Waals surface area (Å²) in [6.45, 7) is 3.68. The molecule has 0 spiro atoms. The first-order valence-corrected chi connectivity index (χ1v) is 9.71. The molecule has 0 amide bonds. The number of halogens is 1. The Kier molecular flexibility index (Phi) is 7.13. The summed E-state index contributed by atoms with van der Waals surface area (Å²) in [4.78, 5) is 0. The first kappa shape index (κ1) is 19.3. The van der Waals surface area contributed by atoms with Crippen molar-refractivity contribution in [1.29, 1.82) is 0 Å². The second-order valence-electron chi connectivity index (χ2n) is 5.96. The van der Waals surface area contributed by atoms with E-state index in [1.807, 2.05) is 79.7 Å². The monoisotopic (exact) mass is 426 g/mol. The minimum absolute atomic E-state index is 0.493. The molecule has 3 aromatic carbocycles. The van der Waals surface area contributed by atoms with Gasteiger partial charge in [0.1, 0.15) is 6.61 Å². The average Bonchev–Trinajstić information content (AvgIpc) is 2.69. The second-order valence-corrected chi connectivity index (χ2v) is 6.81. The van der Waals surface area contributed by atoms with E-state index in [0.29, 0.717) is 19.8 Å². The van der Waals surface area contributed by atoms with Gasteiger partial charge in [0.25, 0.3) is 0 Å². The number of hydrogen-bond donors (Lipinski definition) is 2. The summed E-state index contributed by atoms with van der Waals surface area (Å²) in [5, 5.41) is 0. The molecule has 0 unspecified atom stereocenters. The average molecular weight is 427 g/mol. The van der Waals surface area contributed by atoms with E-state index in [4.69, 9.17) is 9.47 Å². The Morgan fingerprint density at radius 2 is 1.56 bits per heavy atom. The number of nitrogens with one attached hydrogen (secondary N) is 2. The zero-order chi connectivity index (χ0) is 18.9. The summed E-state index contributed by atoms with van der Waals surface area (Å²) in [6, 6.07) is 24.1. The van der Waals surface area contributed by atoms with E-state index in [2.05, 4.69) is 26.8 Å². The van der Waals surface area contributed by atoms with Crippen LogP contribution in [-0.2, 0) is 13.2 Å². The number of anilines is 1. The van der Waals surface area contributed by atoms with Crippen molar-refractivity contribution in [3.8, 4) is 11.5 Å². The van der Waals surface area contributed by atoms with E-state index in [-0.39, 0.29) is 0 Å². The molecule has 0 saturated heterocycles. The van der Waals surface area contributed by atoms with Crippen LogP contribution in [0.15, 0.2) is 77.3 Å². The number of ether oxygens (including phenoxy) is 2. The van der Waals surface area contributed by atoms with Crippen molar-refractivity contribution < 1.29 is 9.47 Å². The Labute approximate surface area is 168 Å². The van der Waals surface area contributed by atoms with E-state index < -0.39 is 0 Å². The van der Waals surface area contributed by atoms with Gasteiger partial charge in [0.15, 0.2) is 11.5 Å². The quantitative estimate of drug-likeness (QED) is 0.440. The molecule has 3 aromatic rings. The molecule has 3 rings (SSSR count). The molecular formula is C22H23BrN2O2. The summed E-state index contributed by atoms with van der Waals surface area (Å²) >= 11 is 3.63. The SMILES string of the molecule is CCOc1cc(CNNc2ccccc2)cc(Br)c1OCc1ccccc1. The molecule has 0 aliphatic rings. The molecule has 0 radical (unpaired) electrons. The highest BCUT2D eigenvalue weighted by molar-refractivity contribution is 9.10. The lowest BCUT2D eigenvalue weighted by Crippen LogP contribution is -2.20. The van der Waals surface area contributed by atoms with Crippen LogP contribution in [0.5, 0.6) is 11.5 Å². The molecule has 0 aliphatic carbocycles. The third-order valence-corrected chi connectivity index (χ3v) is 4.48. The molecule has 2 N–H and O–H groups in total. The molecule has 0 heterocycles. The molecular weight excluding hydrogens is 404 g/mol. The predicted molar refractivity (Wildman–Crippen MR) is 113 cm³/mol. The largest absolute Gasteiger partial charge is 0.490 e. The fourth-order valence-electron chi connectivity index (χ4n) is 2.63. The summed E-state index contributed by atoms with van der Waals surface area (Å²) < 4.78 is 12.7. The highest BCUT2D eigenvalue weighted by Crippen LogP contribution is 2.37. The van der Waals surface area contributed by atoms with Gasteiger partial charge in [0.2, 0.25) is 0 Å². The van der Waals surface area contributed by atoms with E-state index in [9.17, 15) is 0 Å². The maximum atomic E-state index is 6.03. The Morgan fingerprint density at radius 1 is 0.852 bits per heavy atom. The van der Waals surface area contributed by atoms with Crippen LogP contribution in [0.25, 0.3) is 0 Å². The van der Waals surface area contributed by atoms with Gasteiger partial charge in [0, 0.05) is 12.2 Å². The third-order valence-electron chi connectivity index (χ3n) is 3.89. The first-order valence-electron chi connectivity index (χ1n) is 8.92. The number of hydrogen-bond acceptors (Lipinski definition) is 4. The molecule has 4 nitrogen and oxygen atoms in total. The number of hydrazine groups is 1. The number of para-hydroxylation sites is 1. The Hall–Kier alpha value is -2.50.